The standard InChI is InChI=1S/C28H36ClNO11/c1-28(2,3)41-22(32)14-38-16-8-6-15(7-9-16)13-39-20-11-19(36-4)17(10-18(20)29)26(35)30-23-25(34)24(33)21(12-31)40-27(23)37-5/h6-11,21,23-25,27,31,33-34H,12-14H2,1-5H3,(H,30,35)/t21-,23-,24-,25-,27+/m1/s1. The topological polar surface area (TPSA) is 162 Å². The van der Waals surface area contributed by atoms with Crippen molar-refractivity contribution in [3.63, 3.8) is 0 Å². The Hall–Kier alpha value is -3.13. The van der Waals surface area contributed by atoms with Gasteiger partial charge in [0.1, 0.15) is 53.8 Å². The summed E-state index contributed by atoms with van der Waals surface area (Å²) in [7, 11) is 2.67. The van der Waals surface area contributed by atoms with Crippen LogP contribution >= 0.6 is 11.6 Å². The second-order valence-electron chi connectivity index (χ2n) is 10.2. The summed E-state index contributed by atoms with van der Waals surface area (Å²) in [6, 6.07) is 8.55. The Kier molecular flexibility index (Phi) is 11.2. The molecule has 1 aliphatic rings. The van der Waals surface area contributed by atoms with Crippen LogP contribution in [0, 0.1) is 0 Å². The van der Waals surface area contributed by atoms with Crippen LogP contribution in [0.5, 0.6) is 17.2 Å². The van der Waals surface area contributed by atoms with E-state index in [1.807, 2.05) is 0 Å². The number of nitrogens with one attached hydrogen (secondary N) is 1. The van der Waals surface area contributed by atoms with Gasteiger partial charge in [-0.15, -0.1) is 0 Å². The summed E-state index contributed by atoms with van der Waals surface area (Å²) >= 11 is 6.41. The Balaban J connectivity index is 1.64. The van der Waals surface area contributed by atoms with Crippen molar-refractivity contribution in [1.29, 1.82) is 0 Å². The van der Waals surface area contributed by atoms with E-state index in [9.17, 15) is 24.9 Å². The van der Waals surface area contributed by atoms with Crippen LogP contribution in [0.15, 0.2) is 36.4 Å². The molecular weight excluding hydrogens is 562 g/mol. The molecular formula is C28H36ClNO11. The molecule has 2 aromatic carbocycles. The monoisotopic (exact) mass is 597 g/mol. The molecule has 0 spiro atoms. The molecule has 1 amide bonds. The van der Waals surface area contributed by atoms with Crippen molar-refractivity contribution in [2.75, 3.05) is 27.4 Å². The minimum atomic E-state index is -1.48. The smallest absolute Gasteiger partial charge is 0.344 e. The van der Waals surface area contributed by atoms with Crippen molar-refractivity contribution >= 4 is 23.5 Å². The van der Waals surface area contributed by atoms with Gasteiger partial charge in [-0.2, -0.15) is 0 Å². The van der Waals surface area contributed by atoms with Crippen LogP contribution in [0.4, 0.5) is 0 Å². The Morgan fingerprint density at radius 2 is 1.71 bits per heavy atom. The molecule has 0 radical (unpaired) electrons. The van der Waals surface area contributed by atoms with Gasteiger partial charge in [-0.3, -0.25) is 4.79 Å². The summed E-state index contributed by atoms with van der Waals surface area (Å²) in [5.74, 6) is -0.274. The summed E-state index contributed by atoms with van der Waals surface area (Å²) in [5.41, 5.74) is 0.224. The van der Waals surface area contributed by atoms with Crippen LogP contribution in [-0.4, -0.2) is 90.9 Å². The summed E-state index contributed by atoms with van der Waals surface area (Å²) in [6.07, 6.45) is -5.14. The number of ether oxygens (including phenoxy) is 6. The zero-order valence-electron chi connectivity index (χ0n) is 23.5. The lowest BCUT2D eigenvalue weighted by atomic mass is 9.96. The maximum atomic E-state index is 13.1. The van der Waals surface area contributed by atoms with Crippen molar-refractivity contribution in [2.24, 2.45) is 0 Å². The van der Waals surface area contributed by atoms with E-state index in [1.165, 1.54) is 26.4 Å². The fraction of sp³-hybridized carbons (Fsp3) is 0.500. The number of benzene rings is 2. The van der Waals surface area contributed by atoms with Crippen molar-refractivity contribution < 1.29 is 53.3 Å². The number of aliphatic hydroxyl groups excluding tert-OH is 3. The quantitative estimate of drug-likeness (QED) is 0.280. The summed E-state index contributed by atoms with van der Waals surface area (Å²) in [6.45, 7) is 4.70. The van der Waals surface area contributed by atoms with Crippen molar-refractivity contribution in [1.82, 2.24) is 5.32 Å². The van der Waals surface area contributed by atoms with Crippen LogP contribution < -0.4 is 19.5 Å². The average molecular weight is 598 g/mol. The summed E-state index contributed by atoms with van der Waals surface area (Å²) < 4.78 is 32.5. The number of esters is 1. The molecule has 1 fully saturated rings. The summed E-state index contributed by atoms with van der Waals surface area (Å²) in [5, 5.41) is 32.8. The van der Waals surface area contributed by atoms with E-state index in [1.54, 1.807) is 45.0 Å². The van der Waals surface area contributed by atoms with E-state index < -0.39 is 54.7 Å². The minimum Gasteiger partial charge on any atom is -0.496 e. The summed E-state index contributed by atoms with van der Waals surface area (Å²) in [4.78, 5) is 24.9. The van der Waals surface area contributed by atoms with Crippen LogP contribution in [0.2, 0.25) is 5.02 Å². The predicted molar refractivity (Wildman–Crippen MR) is 146 cm³/mol. The van der Waals surface area contributed by atoms with Gasteiger partial charge in [-0.1, -0.05) is 23.7 Å². The molecule has 0 bridgehead atoms. The van der Waals surface area contributed by atoms with Crippen LogP contribution in [0.3, 0.4) is 0 Å². The number of methoxy groups -OCH3 is 2. The lowest BCUT2D eigenvalue weighted by Gasteiger charge is -2.41. The molecule has 4 N–H and O–H groups in total. The Morgan fingerprint density at radius 1 is 1.02 bits per heavy atom. The number of carbonyl (C=O) groups is 2. The third kappa shape index (κ3) is 8.68. The maximum absolute atomic E-state index is 13.1. The first-order valence-corrected chi connectivity index (χ1v) is 13.1. The molecule has 0 unspecified atom stereocenters. The van der Waals surface area contributed by atoms with E-state index in [0.717, 1.165) is 5.56 Å². The third-order valence-electron chi connectivity index (χ3n) is 6.00. The van der Waals surface area contributed by atoms with Crippen molar-refractivity contribution in [3.8, 4) is 17.2 Å². The van der Waals surface area contributed by atoms with Crippen molar-refractivity contribution in [2.45, 2.75) is 63.6 Å². The fourth-order valence-corrected chi connectivity index (χ4v) is 4.23. The molecule has 12 nitrogen and oxygen atoms in total. The van der Waals surface area contributed by atoms with Crippen LogP contribution in [-0.2, 0) is 25.6 Å². The van der Waals surface area contributed by atoms with Crippen LogP contribution in [0.1, 0.15) is 36.7 Å². The van der Waals surface area contributed by atoms with Gasteiger partial charge in [0.2, 0.25) is 0 Å². The second-order valence-corrected chi connectivity index (χ2v) is 10.6. The van der Waals surface area contributed by atoms with Gasteiger partial charge in [0, 0.05) is 13.2 Å². The lowest BCUT2D eigenvalue weighted by molar-refractivity contribution is -0.261. The molecule has 0 aromatic heterocycles. The van der Waals surface area contributed by atoms with E-state index in [-0.39, 0.29) is 35.3 Å². The molecule has 5 atom stereocenters. The van der Waals surface area contributed by atoms with Crippen molar-refractivity contribution in [3.05, 3.63) is 52.5 Å². The third-order valence-corrected chi connectivity index (χ3v) is 6.30. The molecule has 41 heavy (non-hydrogen) atoms. The first-order chi connectivity index (χ1) is 19.4. The number of amides is 1. The molecule has 3 rings (SSSR count). The Bertz CT molecular complexity index is 1180. The fourth-order valence-electron chi connectivity index (χ4n) is 4.01. The lowest BCUT2D eigenvalue weighted by Crippen LogP contribution is -2.64. The van der Waals surface area contributed by atoms with Crippen LogP contribution in [0.25, 0.3) is 0 Å². The van der Waals surface area contributed by atoms with Gasteiger partial charge < -0.3 is 49.1 Å². The molecule has 0 saturated carbocycles. The predicted octanol–water partition coefficient (Wildman–Crippen LogP) is 1.83. The molecule has 1 aliphatic heterocycles. The number of carbonyl (C=O) groups excluding carboxylic acids is 2. The molecule has 1 heterocycles. The zero-order chi connectivity index (χ0) is 30.3. The van der Waals surface area contributed by atoms with Gasteiger partial charge >= 0.3 is 5.97 Å². The molecule has 13 heteroatoms. The number of hydrogen-bond acceptors (Lipinski definition) is 11. The highest BCUT2D eigenvalue weighted by Crippen LogP contribution is 2.34. The first-order valence-electron chi connectivity index (χ1n) is 12.8. The average Bonchev–Trinajstić information content (AvgIpc) is 2.93. The second kappa shape index (κ2) is 14.2. The Labute approximate surface area is 243 Å². The number of rotatable bonds is 11. The highest BCUT2D eigenvalue weighted by Gasteiger charge is 2.45. The first kappa shape index (κ1) is 32.4. The highest BCUT2D eigenvalue weighted by molar-refractivity contribution is 6.32. The number of hydrogen-bond donors (Lipinski definition) is 4. The molecule has 0 aliphatic carbocycles. The Morgan fingerprint density at radius 3 is 2.29 bits per heavy atom. The molecule has 226 valence electrons. The van der Waals surface area contributed by atoms with Gasteiger partial charge in [-0.25, -0.2) is 4.79 Å². The normalized spacial score (nSPS) is 22.5. The largest absolute Gasteiger partial charge is 0.496 e. The van der Waals surface area contributed by atoms with Gasteiger partial charge in [-0.05, 0) is 44.5 Å². The zero-order valence-corrected chi connectivity index (χ0v) is 24.2. The maximum Gasteiger partial charge on any atom is 0.344 e. The molecule has 2 aromatic rings. The SMILES string of the molecule is COc1cc(OCc2ccc(OCC(=O)OC(C)(C)C)cc2)c(Cl)cc1C(=O)N[C@H]1[C@@H](OC)O[C@H](CO)[C@@H](O)[C@@H]1O. The highest BCUT2D eigenvalue weighted by atomic mass is 35.5. The van der Waals surface area contributed by atoms with E-state index >= 15 is 0 Å². The van der Waals surface area contributed by atoms with Gasteiger partial charge in [0.25, 0.3) is 5.91 Å². The van der Waals surface area contributed by atoms with E-state index in [0.29, 0.717) is 5.75 Å². The minimum absolute atomic E-state index is 0.0390. The van der Waals surface area contributed by atoms with Gasteiger partial charge in [0.15, 0.2) is 12.9 Å². The van der Waals surface area contributed by atoms with Gasteiger partial charge in [0.05, 0.1) is 24.3 Å². The molecule has 1 saturated heterocycles. The van der Waals surface area contributed by atoms with E-state index in [2.05, 4.69) is 5.32 Å². The number of halogens is 1. The van der Waals surface area contributed by atoms with E-state index in [4.69, 9.17) is 40.0 Å². The number of aliphatic hydroxyl groups is 3.